The standard InChI is InChI=1S/C21H16FN3O3S2/c1-28-15-4-2-3-13(9-15)17(26)11-30-21-24-19-18(20(27)25(21)23)16(10-29-19)12-5-7-14(22)8-6-12/h2-10H,11,23H2,1H3. The average molecular weight is 442 g/mol. The fourth-order valence-corrected chi connectivity index (χ4v) is 4.74. The van der Waals surface area contributed by atoms with Crippen molar-refractivity contribution >= 4 is 39.1 Å². The molecule has 0 atom stereocenters. The van der Waals surface area contributed by atoms with Crippen LogP contribution in [0.3, 0.4) is 0 Å². The second-order valence-corrected chi connectivity index (χ2v) is 8.15. The number of nitrogen functional groups attached to an aromatic ring is 1. The molecule has 0 aliphatic carbocycles. The first-order chi connectivity index (χ1) is 14.5. The van der Waals surface area contributed by atoms with E-state index in [-0.39, 0.29) is 22.5 Å². The largest absolute Gasteiger partial charge is 0.497 e. The molecule has 0 amide bonds. The van der Waals surface area contributed by atoms with Crippen molar-refractivity contribution in [3.63, 3.8) is 0 Å². The van der Waals surface area contributed by atoms with E-state index in [2.05, 4.69) is 4.98 Å². The van der Waals surface area contributed by atoms with Crippen molar-refractivity contribution in [1.82, 2.24) is 9.66 Å². The first-order valence-corrected chi connectivity index (χ1v) is 10.7. The number of carbonyl (C=O) groups is 1. The van der Waals surface area contributed by atoms with E-state index in [9.17, 15) is 14.0 Å². The van der Waals surface area contributed by atoms with Crippen molar-refractivity contribution in [1.29, 1.82) is 0 Å². The lowest BCUT2D eigenvalue weighted by Gasteiger charge is -2.08. The van der Waals surface area contributed by atoms with Crippen LogP contribution >= 0.6 is 23.1 Å². The molecule has 0 aliphatic rings. The predicted octanol–water partition coefficient (Wildman–Crippen LogP) is 3.96. The molecule has 0 radical (unpaired) electrons. The van der Waals surface area contributed by atoms with Crippen LogP contribution in [0.2, 0.25) is 0 Å². The number of ether oxygens (including phenoxy) is 1. The first-order valence-electron chi connectivity index (χ1n) is 8.83. The van der Waals surface area contributed by atoms with Crippen molar-refractivity contribution in [3.05, 3.63) is 75.6 Å². The summed E-state index contributed by atoms with van der Waals surface area (Å²) in [5.41, 5.74) is 1.44. The number of rotatable bonds is 6. The van der Waals surface area contributed by atoms with Gasteiger partial charge in [0.2, 0.25) is 0 Å². The molecule has 4 rings (SSSR count). The van der Waals surface area contributed by atoms with E-state index in [0.29, 0.717) is 32.7 Å². The van der Waals surface area contributed by atoms with Gasteiger partial charge in [-0.1, -0.05) is 36.0 Å². The number of hydrogen-bond donors (Lipinski definition) is 1. The van der Waals surface area contributed by atoms with E-state index in [1.807, 2.05) is 0 Å². The van der Waals surface area contributed by atoms with Crippen LogP contribution in [0, 0.1) is 5.82 Å². The van der Waals surface area contributed by atoms with Gasteiger partial charge in [0.15, 0.2) is 10.9 Å². The predicted molar refractivity (Wildman–Crippen MR) is 117 cm³/mol. The molecule has 2 heterocycles. The highest BCUT2D eigenvalue weighted by Gasteiger charge is 2.17. The van der Waals surface area contributed by atoms with Gasteiger partial charge in [-0.2, -0.15) is 0 Å². The molecule has 30 heavy (non-hydrogen) atoms. The molecule has 0 bridgehead atoms. The van der Waals surface area contributed by atoms with Crippen molar-refractivity contribution in [2.24, 2.45) is 0 Å². The highest BCUT2D eigenvalue weighted by Crippen LogP contribution is 2.32. The third kappa shape index (κ3) is 3.81. The number of hydrogen-bond acceptors (Lipinski definition) is 7. The summed E-state index contributed by atoms with van der Waals surface area (Å²) >= 11 is 2.39. The van der Waals surface area contributed by atoms with E-state index in [1.165, 1.54) is 30.6 Å². The summed E-state index contributed by atoms with van der Waals surface area (Å²) in [5, 5.41) is 2.41. The number of halogens is 1. The van der Waals surface area contributed by atoms with Crippen LogP contribution in [0.5, 0.6) is 5.75 Å². The third-order valence-electron chi connectivity index (χ3n) is 4.49. The average Bonchev–Trinajstić information content (AvgIpc) is 3.19. The summed E-state index contributed by atoms with van der Waals surface area (Å²) in [4.78, 5) is 30.4. The Hall–Kier alpha value is -3.17. The Bertz CT molecular complexity index is 1300. The number of thiophene rings is 1. The Kier molecular flexibility index (Phi) is 5.56. The number of aromatic nitrogens is 2. The van der Waals surface area contributed by atoms with Crippen molar-refractivity contribution in [3.8, 4) is 16.9 Å². The Balaban J connectivity index is 1.63. The summed E-state index contributed by atoms with van der Waals surface area (Å²) in [6.45, 7) is 0. The fraction of sp³-hybridized carbons (Fsp3) is 0.0952. The normalized spacial score (nSPS) is 11.0. The lowest BCUT2D eigenvalue weighted by Crippen LogP contribution is -2.29. The maximum atomic E-state index is 13.2. The topological polar surface area (TPSA) is 87.2 Å². The number of Topliss-reactive ketones (excluding diaryl/α,β-unsaturated/α-hetero) is 1. The van der Waals surface area contributed by atoms with Crippen molar-refractivity contribution in [2.45, 2.75) is 5.16 Å². The summed E-state index contributed by atoms with van der Waals surface area (Å²) in [6.07, 6.45) is 0. The lowest BCUT2D eigenvalue weighted by atomic mass is 10.1. The van der Waals surface area contributed by atoms with Gasteiger partial charge in [0.25, 0.3) is 5.56 Å². The van der Waals surface area contributed by atoms with Gasteiger partial charge < -0.3 is 10.6 Å². The molecule has 152 valence electrons. The Morgan fingerprint density at radius 3 is 2.77 bits per heavy atom. The van der Waals surface area contributed by atoms with Crippen LogP contribution in [-0.4, -0.2) is 28.3 Å². The van der Waals surface area contributed by atoms with Crippen molar-refractivity contribution in [2.75, 3.05) is 18.7 Å². The molecule has 0 saturated carbocycles. The molecule has 6 nitrogen and oxygen atoms in total. The SMILES string of the molecule is COc1cccc(C(=O)CSc2nc3scc(-c4ccc(F)cc4)c3c(=O)n2N)c1. The molecule has 4 aromatic rings. The van der Waals surface area contributed by atoms with E-state index in [1.54, 1.807) is 41.8 Å². The van der Waals surface area contributed by atoms with E-state index in [0.717, 1.165) is 16.4 Å². The van der Waals surface area contributed by atoms with Crippen LogP contribution in [0.1, 0.15) is 10.4 Å². The van der Waals surface area contributed by atoms with Gasteiger partial charge in [0.05, 0.1) is 18.2 Å². The number of fused-ring (bicyclic) bond motifs is 1. The molecule has 0 unspecified atom stereocenters. The van der Waals surface area contributed by atoms with Gasteiger partial charge in [0, 0.05) is 16.5 Å². The Morgan fingerprint density at radius 1 is 1.27 bits per heavy atom. The second kappa shape index (κ2) is 8.29. The zero-order chi connectivity index (χ0) is 21.3. The molecular weight excluding hydrogens is 425 g/mol. The van der Waals surface area contributed by atoms with Gasteiger partial charge in [0.1, 0.15) is 16.4 Å². The number of benzene rings is 2. The minimum absolute atomic E-state index is 0.0680. The minimum atomic E-state index is -0.420. The molecule has 0 saturated heterocycles. The Labute approximate surface area is 179 Å². The molecule has 0 aliphatic heterocycles. The van der Waals surface area contributed by atoms with Crippen LogP contribution in [0.25, 0.3) is 21.3 Å². The Morgan fingerprint density at radius 2 is 2.03 bits per heavy atom. The van der Waals surface area contributed by atoms with Gasteiger partial charge >= 0.3 is 0 Å². The molecule has 0 fully saturated rings. The first kappa shape index (κ1) is 20.1. The van der Waals surface area contributed by atoms with Crippen LogP contribution < -0.4 is 16.1 Å². The van der Waals surface area contributed by atoms with Crippen LogP contribution in [0.15, 0.2) is 63.9 Å². The summed E-state index contributed by atoms with van der Waals surface area (Å²) in [7, 11) is 1.53. The molecule has 9 heteroatoms. The van der Waals surface area contributed by atoms with E-state index < -0.39 is 5.56 Å². The minimum Gasteiger partial charge on any atom is -0.497 e. The highest BCUT2D eigenvalue weighted by atomic mass is 32.2. The molecule has 0 spiro atoms. The highest BCUT2D eigenvalue weighted by molar-refractivity contribution is 7.99. The zero-order valence-electron chi connectivity index (χ0n) is 15.8. The molecule has 2 aromatic heterocycles. The van der Waals surface area contributed by atoms with E-state index >= 15 is 0 Å². The number of ketones is 1. The maximum absolute atomic E-state index is 13.2. The quantitative estimate of drug-likeness (QED) is 0.211. The lowest BCUT2D eigenvalue weighted by molar-refractivity contribution is 0.102. The van der Waals surface area contributed by atoms with Gasteiger partial charge in [-0.15, -0.1) is 11.3 Å². The maximum Gasteiger partial charge on any atom is 0.282 e. The number of nitrogens with zero attached hydrogens (tertiary/aromatic N) is 2. The molecular formula is C21H16FN3O3S2. The van der Waals surface area contributed by atoms with Crippen LogP contribution in [-0.2, 0) is 0 Å². The number of methoxy groups -OCH3 is 1. The summed E-state index contributed by atoms with van der Waals surface area (Å²) in [6, 6.07) is 12.7. The number of carbonyl (C=O) groups excluding carboxylic acids is 1. The summed E-state index contributed by atoms with van der Waals surface area (Å²) < 4.78 is 19.3. The molecule has 2 N–H and O–H groups in total. The number of thioether (sulfide) groups is 1. The molecule has 2 aromatic carbocycles. The smallest absolute Gasteiger partial charge is 0.282 e. The van der Waals surface area contributed by atoms with Crippen LogP contribution in [0.4, 0.5) is 4.39 Å². The monoisotopic (exact) mass is 441 g/mol. The second-order valence-electron chi connectivity index (χ2n) is 6.35. The van der Waals surface area contributed by atoms with Crippen molar-refractivity contribution < 1.29 is 13.9 Å². The van der Waals surface area contributed by atoms with E-state index in [4.69, 9.17) is 10.6 Å². The van der Waals surface area contributed by atoms with Gasteiger partial charge in [-0.25, -0.2) is 14.1 Å². The number of nitrogens with two attached hydrogens (primary N) is 1. The van der Waals surface area contributed by atoms with Gasteiger partial charge in [-0.05, 0) is 29.8 Å². The van der Waals surface area contributed by atoms with Gasteiger partial charge in [-0.3, -0.25) is 9.59 Å². The fourth-order valence-electron chi connectivity index (χ4n) is 2.94. The zero-order valence-corrected chi connectivity index (χ0v) is 17.4. The third-order valence-corrected chi connectivity index (χ3v) is 6.31. The summed E-state index contributed by atoms with van der Waals surface area (Å²) in [5.74, 6) is 6.15.